The van der Waals surface area contributed by atoms with E-state index in [0.29, 0.717) is 0 Å². The van der Waals surface area contributed by atoms with Crippen LogP contribution >= 0.6 is 0 Å². The number of pyridine rings is 1. The van der Waals surface area contributed by atoms with Gasteiger partial charge in [0.1, 0.15) is 0 Å². The molecule has 7 aromatic carbocycles. The summed E-state index contributed by atoms with van der Waals surface area (Å²) < 4.78 is 2.40. The first-order valence-corrected chi connectivity index (χ1v) is 17.0. The quantitative estimate of drug-likeness (QED) is 0.173. The van der Waals surface area contributed by atoms with Crippen molar-refractivity contribution in [1.29, 1.82) is 0 Å². The van der Waals surface area contributed by atoms with Gasteiger partial charge in [0.2, 0.25) is 0 Å². The van der Waals surface area contributed by atoms with Gasteiger partial charge in [-0.1, -0.05) is 115 Å². The van der Waals surface area contributed by atoms with Crippen LogP contribution in [-0.2, 0) is 0 Å². The summed E-state index contributed by atoms with van der Waals surface area (Å²) in [6.45, 7) is 0. The first-order chi connectivity index (χ1) is 24.8. The molecule has 0 aliphatic rings. The smallest absolute Gasteiger partial charge is 0.0562 e. The number of rotatable bonds is 7. The van der Waals surface area contributed by atoms with Gasteiger partial charge in [0.05, 0.1) is 16.7 Å². The summed E-state index contributed by atoms with van der Waals surface area (Å²) in [4.78, 5) is 6.66. The SMILES string of the molecule is c1ccc(-c2cc(-c3ccccc3)cc(N(c3ccccc3)c3cccc4c3c3ccccc3n4-c3cccc(-c4ccncc4)c3)c2)cc1. The van der Waals surface area contributed by atoms with E-state index in [4.69, 9.17) is 0 Å². The minimum Gasteiger partial charge on any atom is -0.310 e. The van der Waals surface area contributed by atoms with Crippen LogP contribution in [0.4, 0.5) is 17.1 Å². The third kappa shape index (κ3) is 5.32. The fourth-order valence-corrected chi connectivity index (χ4v) is 7.17. The molecule has 2 aromatic heterocycles. The van der Waals surface area contributed by atoms with E-state index in [0.717, 1.165) is 44.9 Å². The Morgan fingerprint density at radius 2 is 0.940 bits per heavy atom. The first kappa shape index (κ1) is 29.4. The Morgan fingerprint density at radius 1 is 0.380 bits per heavy atom. The second kappa shape index (κ2) is 12.7. The zero-order valence-electron chi connectivity index (χ0n) is 27.4. The molecule has 0 atom stereocenters. The van der Waals surface area contributed by atoms with Crippen LogP contribution < -0.4 is 4.90 Å². The highest BCUT2D eigenvalue weighted by atomic mass is 15.1. The normalized spacial score (nSPS) is 11.2. The fraction of sp³-hybridized carbons (Fsp3) is 0. The molecule has 0 aliphatic heterocycles. The molecular formula is C47H33N3. The molecular weight excluding hydrogens is 607 g/mol. The maximum absolute atomic E-state index is 4.24. The molecule has 3 nitrogen and oxygen atoms in total. The largest absolute Gasteiger partial charge is 0.310 e. The van der Waals surface area contributed by atoms with Gasteiger partial charge in [-0.05, 0) is 106 Å². The van der Waals surface area contributed by atoms with Gasteiger partial charge >= 0.3 is 0 Å². The Morgan fingerprint density at radius 3 is 1.64 bits per heavy atom. The van der Waals surface area contributed by atoms with Crippen molar-refractivity contribution in [3.8, 4) is 39.1 Å². The number of para-hydroxylation sites is 2. The zero-order valence-corrected chi connectivity index (χ0v) is 27.4. The molecule has 0 saturated carbocycles. The van der Waals surface area contributed by atoms with Gasteiger partial charge in [-0.2, -0.15) is 0 Å². The molecule has 0 spiro atoms. The summed E-state index contributed by atoms with van der Waals surface area (Å²) in [5.41, 5.74) is 13.8. The fourth-order valence-electron chi connectivity index (χ4n) is 7.17. The molecule has 0 bridgehead atoms. The number of fused-ring (bicyclic) bond motifs is 3. The highest BCUT2D eigenvalue weighted by molar-refractivity contribution is 6.16. The molecule has 50 heavy (non-hydrogen) atoms. The van der Waals surface area contributed by atoms with Crippen LogP contribution in [0.25, 0.3) is 60.9 Å². The maximum atomic E-state index is 4.24. The number of nitrogens with zero attached hydrogens (tertiary/aromatic N) is 3. The Kier molecular flexibility index (Phi) is 7.49. The minimum atomic E-state index is 1.10. The topological polar surface area (TPSA) is 21.1 Å². The van der Waals surface area contributed by atoms with E-state index in [1.807, 2.05) is 12.4 Å². The van der Waals surface area contributed by atoms with E-state index in [2.05, 4.69) is 203 Å². The van der Waals surface area contributed by atoms with Gasteiger partial charge in [0.25, 0.3) is 0 Å². The van der Waals surface area contributed by atoms with Gasteiger partial charge in [-0.25, -0.2) is 0 Å². The average Bonchev–Trinajstić information content (AvgIpc) is 3.54. The molecule has 2 heterocycles. The Balaban J connectivity index is 1.32. The third-order valence-corrected chi connectivity index (χ3v) is 9.44. The highest BCUT2D eigenvalue weighted by Gasteiger charge is 2.22. The molecule has 236 valence electrons. The highest BCUT2D eigenvalue weighted by Crippen LogP contribution is 2.45. The molecule has 9 rings (SSSR count). The zero-order chi connectivity index (χ0) is 33.3. The van der Waals surface area contributed by atoms with Crippen molar-refractivity contribution in [2.45, 2.75) is 0 Å². The number of hydrogen-bond acceptors (Lipinski definition) is 2. The predicted octanol–water partition coefficient (Wildman–Crippen LogP) is 12.6. The summed E-state index contributed by atoms with van der Waals surface area (Å²) in [5.74, 6) is 0. The summed E-state index contributed by atoms with van der Waals surface area (Å²) in [6, 6.07) is 67.4. The summed E-state index contributed by atoms with van der Waals surface area (Å²) in [7, 11) is 0. The van der Waals surface area contributed by atoms with Crippen LogP contribution in [-0.4, -0.2) is 9.55 Å². The van der Waals surface area contributed by atoms with E-state index < -0.39 is 0 Å². The van der Waals surface area contributed by atoms with Crippen molar-refractivity contribution in [3.63, 3.8) is 0 Å². The Labute approximate surface area is 292 Å². The number of hydrogen-bond donors (Lipinski definition) is 0. The van der Waals surface area contributed by atoms with E-state index in [1.165, 1.54) is 33.0 Å². The molecule has 3 heteroatoms. The number of anilines is 3. The van der Waals surface area contributed by atoms with Gasteiger partial charge in [0.15, 0.2) is 0 Å². The van der Waals surface area contributed by atoms with Crippen LogP contribution in [0.5, 0.6) is 0 Å². The lowest BCUT2D eigenvalue weighted by atomic mass is 9.97. The van der Waals surface area contributed by atoms with E-state index >= 15 is 0 Å². The van der Waals surface area contributed by atoms with Crippen LogP contribution in [0.2, 0.25) is 0 Å². The molecule has 0 amide bonds. The molecule has 0 aliphatic carbocycles. The maximum Gasteiger partial charge on any atom is 0.0562 e. The van der Waals surface area contributed by atoms with Gasteiger partial charge in [-0.15, -0.1) is 0 Å². The van der Waals surface area contributed by atoms with Crippen molar-refractivity contribution in [1.82, 2.24) is 9.55 Å². The van der Waals surface area contributed by atoms with Crippen molar-refractivity contribution in [2.24, 2.45) is 0 Å². The third-order valence-electron chi connectivity index (χ3n) is 9.44. The van der Waals surface area contributed by atoms with Crippen LogP contribution in [0.15, 0.2) is 200 Å². The lowest BCUT2D eigenvalue weighted by Gasteiger charge is -2.28. The molecule has 0 radical (unpaired) electrons. The standard InChI is InChI=1S/C47H33N3/c1-4-14-34(15-5-1)38-30-39(35-16-6-2-7-17-35)33-42(32-38)49(40-19-8-3-9-20-40)45-24-13-25-46-47(45)43-22-10-11-23-44(43)50(46)41-21-12-18-37(31-41)36-26-28-48-29-27-36/h1-33H. The summed E-state index contributed by atoms with van der Waals surface area (Å²) in [6.07, 6.45) is 3.70. The van der Waals surface area contributed by atoms with Crippen LogP contribution in [0.3, 0.4) is 0 Å². The van der Waals surface area contributed by atoms with Gasteiger partial charge < -0.3 is 9.47 Å². The van der Waals surface area contributed by atoms with Crippen molar-refractivity contribution in [3.05, 3.63) is 200 Å². The van der Waals surface area contributed by atoms with Crippen molar-refractivity contribution < 1.29 is 0 Å². The monoisotopic (exact) mass is 639 g/mol. The number of aromatic nitrogens is 2. The first-order valence-electron chi connectivity index (χ1n) is 17.0. The van der Waals surface area contributed by atoms with Crippen LogP contribution in [0.1, 0.15) is 0 Å². The second-order valence-corrected chi connectivity index (χ2v) is 12.5. The van der Waals surface area contributed by atoms with Crippen LogP contribution in [0, 0.1) is 0 Å². The minimum absolute atomic E-state index is 1.10. The number of benzene rings is 7. The second-order valence-electron chi connectivity index (χ2n) is 12.5. The molecule has 0 saturated heterocycles. The van der Waals surface area contributed by atoms with E-state index in [1.54, 1.807) is 0 Å². The van der Waals surface area contributed by atoms with Crippen molar-refractivity contribution >= 4 is 38.9 Å². The molecule has 0 N–H and O–H groups in total. The molecule has 0 unspecified atom stereocenters. The van der Waals surface area contributed by atoms with Gasteiger partial charge in [0, 0.05) is 40.2 Å². The molecule has 9 aromatic rings. The lowest BCUT2D eigenvalue weighted by molar-refractivity contribution is 1.18. The summed E-state index contributed by atoms with van der Waals surface area (Å²) >= 11 is 0. The van der Waals surface area contributed by atoms with E-state index in [-0.39, 0.29) is 0 Å². The lowest BCUT2D eigenvalue weighted by Crippen LogP contribution is -2.11. The molecule has 0 fully saturated rings. The Bertz CT molecular complexity index is 2520. The predicted molar refractivity (Wildman–Crippen MR) is 210 cm³/mol. The average molecular weight is 640 g/mol. The van der Waals surface area contributed by atoms with Crippen molar-refractivity contribution in [2.75, 3.05) is 4.90 Å². The van der Waals surface area contributed by atoms with Gasteiger partial charge in [-0.3, -0.25) is 4.98 Å². The van der Waals surface area contributed by atoms with E-state index in [9.17, 15) is 0 Å². The summed E-state index contributed by atoms with van der Waals surface area (Å²) in [5, 5.41) is 2.41. The Hall–Kier alpha value is -6.71.